The van der Waals surface area contributed by atoms with Crippen LogP contribution in [0.2, 0.25) is 0 Å². The first-order chi connectivity index (χ1) is 6.00. The number of benzene rings is 1. The van der Waals surface area contributed by atoms with E-state index in [9.17, 15) is 13.2 Å². The number of rotatable bonds is 0. The van der Waals surface area contributed by atoms with Gasteiger partial charge in [-0.15, -0.1) is 0 Å². The number of alkyl halides is 2. The van der Waals surface area contributed by atoms with E-state index in [0.717, 1.165) is 0 Å². The first-order valence-corrected chi connectivity index (χ1v) is 4.66. The molecule has 1 aromatic carbocycles. The maximum atomic E-state index is 13.1. The van der Waals surface area contributed by atoms with Crippen molar-refractivity contribution in [2.75, 3.05) is 0 Å². The maximum Gasteiger partial charge on any atom is 0.273 e. The fourth-order valence-electron chi connectivity index (χ4n) is 1.60. The van der Waals surface area contributed by atoms with Gasteiger partial charge in [-0.05, 0) is 24.1 Å². The minimum absolute atomic E-state index is 0.126. The monoisotopic (exact) mass is 250 g/mol. The van der Waals surface area contributed by atoms with E-state index < -0.39 is 11.7 Å². The molecule has 0 aromatic heterocycles. The van der Waals surface area contributed by atoms with E-state index in [4.69, 9.17) is 0 Å². The van der Waals surface area contributed by atoms with Crippen LogP contribution < -0.4 is 0 Å². The summed E-state index contributed by atoms with van der Waals surface area (Å²) >= 11 is 2.99. The topological polar surface area (TPSA) is 0 Å². The number of fused-ring (bicyclic) bond motifs is 1. The van der Waals surface area contributed by atoms with Gasteiger partial charge in [0.15, 0.2) is 0 Å². The van der Waals surface area contributed by atoms with Crippen LogP contribution in [0.1, 0.15) is 17.5 Å². The maximum absolute atomic E-state index is 13.1. The molecule has 0 bridgehead atoms. The molecule has 0 aliphatic heterocycles. The van der Waals surface area contributed by atoms with Gasteiger partial charge in [-0.25, -0.2) is 13.2 Å². The van der Waals surface area contributed by atoms with Crippen LogP contribution in [0.4, 0.5) is 13.2 Å². The van der Waals surface area contributed by atoms with Gasteiger partial charge in [-0.3, -0.25) is 0 Å². The first kappa shape index (κ1) is 9.06. The molecule has 1 aliphatic rings. The average molecular weight is 251 g/mol. The number of halogens is 4. The number of hydrogen-bond acceptors (Lipinski definition) is 0. The van der Waals surface area contributed by atoms with Gasteiger partial charge in [0.05, 0.1) is 0 Å². The third-order valence-electron chi connectivity index (χ3n) is 2.24. The molecule has 0 unspecified atom stereocenters. The van der Waals surface area contributed by atoms with Gasteiger partial charge in [-0.1, -0.05) is 15.9 Å². The Morgan fingerprint density at radius 1 is 1.31 bits per heavy atom. The third-order valence-corrected chi connectivity index (χ3v) is 2.70. The summed E-state index contributed by atoms with van der Waals surface area (Å²) in [7, 11) is 0. The molecular formula is C9H6BrF3. The van der Waals surface area contributed by atoms with Crippen molar-refractivity contribution in [3.63, 3.8) is 0 Å². The zero-order valence-electron chi connectivity index (χ0n) is 6.58. The van der Waals surface area contributed by atoms with E-state index in [0.29, 0.717) is 4.47 Å². The Labute approximate surface area is 81.9 Å². The van der Waals surface area contributed by atoms with Crippen molar-refractivity contribution in [2.45, 2.75) is 18.8 Å². The highest BCUT2D eigenvalue weighted by Gasteiger charge is 2.40. The molecule has 0 fully saturated rings. The Balaban J connectivity index is 2.65. The lowest BCUT2D eigenvalue weighted by Gasteiger charge is -2.10. The van der Waals surface area contributed by atoms with E-state index in [-0.39, 0.29) is 24.0 Å². The highest BCUT2D eigenvalue weighted by molar-refractivity contribution is 9.10. The van der Waals surface area contributed by atoms with Crippen LogP contribution in [-0.2, 0) is 12.3 Å². The van der Waals surface area contributed by atoms with Crippen LogP contribution in [0, 0.1) is 5.82 Å². The van der Waals surface area contributed by atoms with E-state index in [1.54, 1.807) is 0 Å². The molecule has 13 heavy (non-hydrogen) atoms. The van der Waals surface area contributed by atoms with Crippen molar-refractivity contribution in [3.8, 4) is 0 Å². The summed E-state index contributed by atoms with van der Waals surface area (Å²) in [5, 5.41) is 0. The molecule has 0 nitrogen and oxygen atoms in total. The highest BCUT2D eigenvalue weighted by Crippen LogP contribution is 2.43. The molecule has 0 atom stereocenters. The molecule has 4 heteroatoms. The van der Waals surface area contributed by atoms with E-state index >= 15 is 0 Å². The summed E-state index contributed by atoms with van der Waals surface area (Å²) in [6, 6.07) is 2.52. The quantitative estimate of drug-likeness (QED) is 0.660. The number of hydrogen-bond donors (Lipinski definition) is 0. The molecule has 0 amide bonds. The predicted octanol–water partition coefficient (Wildman–Crippen LogP) is 3.63. The molecule has 0 saturated heterocycles. The molecule has 0 spiro atoms. The van der Waals surface area contributed by atoms with Crippen molar-refractivity contribution in [2.24, 2.45) is 0 Å². The van der Waals surface area contributed by atoms with Crippen LogP contribution >= 0.6 is 15.9 Å². The SMILES string of the molecule is Fc1cc(Br)cc2c1CCC2(F)F. The van der Waals surface area contributed by atoms with Crippen LogP contribution in [0.5, 0.6) is 0 Å². The zero-order valence-corrected chi connectivity index (χ0v) is 8.17. The summed E-state index contributed by atoms with van der Waals surface area (Å²) in [6.45, 7) is 0. The fourth-order valence-corrected chi connectivity index (χ4v) is 2.03. The standard InChI is InChI=1S/C9H6BrF3/c10-5-3-7-6(8(11)4-5)1-2-9(7,12)13/h3-4H,1-2H2. The molecule has 2 rings (SSSR count). The Morgan fingerprint density at radius 3 is 2.69 bits per heavy atom. The second-order valence-corrected chi connectivity index (χ2v) is 4.03. The molecule has 1 aliphatic carbocycles. The van der Waals surface area contributed by atoms with Crippen LogP contribution in [0.15, 0.2) is 16.6 Å². The summed E-state index contributed by atoms with van der Waals surface area (Å²) in [6.07, 6.45) is -0.156. The Hall–Kier alpha value is -0.510. The van der Waals surface area contributed by atoms with Crippen molar-refractivity contribution >= 4 is 15.9 Å². The Kier molecular flexibility index (Phi) is 1.91. The Bertz CT molecular complexity index is 360. The average Bonchev–Trinajstić information content (AvgIpc) is 2.28. The van der Waals surface area contributed by atoms with E-state index in [1.165, 1.54) is 12.1 Å². The predicted molar refractivity (Wildman–Crippen MR) is 46.3 cm³/mol. The van der Waals surface area contributed by atoms with Gasteiger partial charge < -0.3 is 0 Å². The third kappa shape index (κ3) is 1.37. The largest absolute Gasteiger partial charge is 0.273 e. The zero-order chi connectivity index (χ0) is 9.64. The lowest BCUT2D eigenvalue weighted by molar-refractivity contribution is -0.00191. The minimum atomic E-state index is -2.86. The molecular weight excluding hydrogens is 245 g/mol. The van der Waals surface area contributed by atoms with Gasteiger partial charge in [0.2, 0.25) is 0 Å². The summed E-state index contributed by atoms with van der Waals surface area (Å²) < 4.78 is 39.7. The minimum Gasteiger partial charge on any atom is -0.207 e. The fraction of sp³-hybridized carbons (Fsp3) is 0.333. The lowest BCUT2D eigenvalue weighted by atomic mass is 10.1. The first-order valence-electron chi connectivity index (χ1n) is 3.87. The van der Waals surface area contributed by atoms with Crippen molar-refractivity contribution in [1.29, 1.82) is 0 Å². The summed E-state index contributed by atoms with van der Waals surface area (Å²) in [4.78, 5) is 0. The van der Waals surface area contributed by atoms with E-state index in [2.05, 4.69) is 15.9 Å². The van der Waals surface area contributed by atoms with Crippen LogP contribution in [0.25, 0.3) is 0 Å². The van der Waals surface area contributed by atoms with Crippen LogP contribution in [0.3, 0.4) is 0 Å². The molecule has 0 heterocycles. The molecule has 0 saturated carbocycles. The molecule has 0 N–H and O–H groups in total. The molecule has 1 aromatic rings. The van der Waals surface area contributed by atoms with Crippen molar-refractivity contribution in [1.82, 2.24) is 0 Å². The molecule has 0 radical (unpaired) electrons. The van der Waals surface area contributed by atoms with Crippen LogP contribution in [-0.4, -0.2) is 0 Å². The summed E-state index contributed by atoms with van der Waals surface area (Å²) in [5.74, 6) is -3.40. The highest BCUT2D eigenvalue weighted by atomic mass is 79.9. The van der Waals surface area contributed by atoms with E-state index in [1.807, 2.05) is 0 Å². The lowest BCUT2D eigenvalue weighted by Crippen LogP contribution is -2.07. The second-order valence-electron chi connectivity index (χ2n) is 3.12. The van der Waals surface area contributed by atoms with Crippen molar-refractivity contribution < 1.29 is 13.2 Å². The summed E-state index contributed by atoms with van der Waals surface area (Å²) in [5.41, 5.74) is -0.00687. The normalized spacial score (nSPS) is 18.8. The van der Waals surface area contributed by atoms with Gasteiger partial charge in [0.1, 0.15) is 5.82 Å². The smallest absolute Gasteiger partial charge is 0.207 e. The van der Waals surface area contributed by atoms with Gasteiger partial charge in [-0.2, -0.15) is 0 Å². The second kappa shape index (κ2) is 2.74. The molecule has 70 valence electrons. The van der Waals surface area contributed by atoms with Crippen molar-refractivity contribution in [3.05, 3.63) is 33.5 Å². The van der Waals surface area contributed by atoms with Gasteiger partial charge in [0.25, 0.3) is 5.92 Å². The van der Waals surface area contributed by atoms with Gasteiger partial charge in [0, 0.05) is 16.5 Å². The Morgan fingerprint density at radius 2 is 2.00 bits per heavy atom. The van der Waals surface area contributed by atoms with Gasteiger partial charge >= 0.3 is 0 Å².